The molecule has 0 aromatic heterocycles. The van der Waals surface area contributed by atoms with E-state index in [9.17, 15) is 19.6 Å². The van der Waals surface area contributed by atoms with Crippen LogP contribution in [0.25, 0.3) is 0 Å². The molecule has 0 radical (unpaired) electrons. The van der Waals surface area contributed by atoms with E-state index in [-0.39, 0.29) is 30.3 Å². The summed E-state index contributed by atoms with van der Waals surface area (Å²) in [4.78, 5) is 35.7. The summed E-state index contributed by atoms with van der Waals surface area (Å²) >= 11 is 0. The lowest BCUT2D eigenvalue weighted by Crippen LogP contribution is -2.49. The summed E-state index contributed by atoms with van der Waals surface area (Å²) in [7, 11) is 0. The minimum Gasteiger partial charge on any atom is -0.356 e. The van der Waals surface area contributed by atoms with Crippen molar-refractivity contribution in [1.82, 2.24) is 15.5 Å². The van der Waals surface area contributed by atoms with Gasteiger partial charge in [0.15, 0.2) is 0 Å². The van der Waals surface area contributed by atoms with E-state index in [1.165, 1.54) is 4.90 Å². The molecule has 1 rings (SSSR count). The van der Waals surface area contributed by atoms with E-state index >= 15 is 0 Å². The first-order valence-corrected chi connectivity index (χ1v) is 7.16. The SMILES string of the molecule is CC(C)N(C(=O)CNC=O)C(C#N)C[C@@H]1CCCNC1=O. The summed E-state index contributed by atoms with van der Waals surface area (Å²) in [6.07, 6.45) is 2.40. The summed E-state index contributed by atoms with van der Waals surface area (Å²) < 4.78 is 0. The molecular weight excluding hydrogens is 272 g/mol. The average Bonchev–Trinajstić information content (AvgIpc) is 2.46. The fourth-order valence-electron chi connectivity index (χ4n) is 2.60. The molecule has 0 aliphatic carbocycles. The number of carbonyl (C=O) groups excluding carboxylic acids is 3. The van der Waals surface area contributed by atoms with Crippen molar-refractivity contribution in [2.24, 2.45) is 5.92 Å². The second-order valence-electron chi connectivity index (χ2n) is 5.40. The molecule has 1 aliphatic heterocycles. The Balaban J connectivity index is 2.77. The van der Waals surface area contributed by atoms with Crippen LogP contribution in [0, 0.1) is 17.2 Å². The Kier molecular flexibility index (Phi) is 6.66. The largest absolute Gasteiger partial charge is 0.356 e. The van der Waals surface area contributed by atoms with Crippen LogP contribution in [0.15, 0.2) is 0 Å². The van der Waals surface area contributed by atoms with E-state index in [0.29, 0.717) is 19.4 Å². The highest BCUT2D eigenvalue weighted by molar-refractivity contribution is 5.81. The van der Waals surface area contributed by atoms with E-state index in [1.54, 1.807) is 0 Å². The Morgan fingerprint density at radius 1 is 1.62 bits per heavy atom. The number of amides is 3. The smallest absolute Gasteiger partial charge is 0.243 e. The minimum atomic E-state index is -0.667. The second kappa shape index (κ2) is 8.25. The van der Waals surface area contributed by atoms with Crippen LogP contribution in [-0.2, 0) is 14.4 Å². The average molecular weight is 294 g/mol. The molecule has 7 nitrogen and oxygen atoms in total. The molecule has 7 heteroatoms. The van der Waals surface area contributed by atoms with Crippen LogP contribution in [0.2, 0.25) is 0 Å². The monoisotopic (exact) mass is 294 g/mol. The van der Waals surface area contributed by atoms with Gasteiger partial charge in [0.1, 0.15) is 6.04 Å². The van der Waals surface area contributed by atoms with Crippen molar-refractivity contribution < 1.29 is 14.4 Å². The van der Waals surface area contributed by atoms with Crippen LogP contribution in [0.4, 0.5) is 0 Å². The van der Waals surface area contributed by atoms with Crippen molar-refractivity contribution in [1.29, 1.82) is 5.26 Å². The van der Waals surface area contributed by atoms with Gasteiger partial charge in [-0.3, -0.25) is 14.4 Å². The number of carbonyl (C=O) groups is 3. The normalized spacial score (nSPS) is 19.3. The maximum absolute atomic E-state index is 12.1. The Labute approximate surface area is 124 Å². The summed E-state index contributed by atoms with van der Waals surface area (Å²) in [5.41, 5.74) is 0. The molecular formula is C14H22N4O3. The van der Waals surface area contributed by atoms with Gasteiger partial charge in [-0.25, -0.2) is 0 Å². The van der Waals surface area contributed by atoms with Gasteiger partial charge in [0, 0.05) is 18.5 Å². The van der Waals surface area contributed by atoms with Crippen LogP contribution < -0.4 is 10.6 Å². The van der Waals surface area contributed by atoms with E-state index in [4.69, 9.17) is 0 Å². The Bertz CT molecular complexity index is 430. The fraction of sp³-hybridized carbons (Fsp3) is 0.714. The van der Waals surface area contributed by atoms with Crippen molar-refractivity contribution in [3.05, 3.63) is 0 Å². The zero-order valence-electron chi connectivity index (χ0n) is 12.5. The second-order valence-corrected chi connectivity index (χ2v) is 5.40. The molecule has 0 aromatic rings. The lowest BCUT2D eigenvalue weighted by atomic mass is 9.91. The number of hydrogen-bond donors (Lipinski definition) is 2. The third-order valence-electron chi connectivity index (χ3n) is 3.57. The predicted molar refractivity (Wildman–Crippen MR) is 75.8 cm³/mol. The molecule has 0 aromatic carbocycles. The van der Waals surface area contributed by atoms with Gasteiger partial charge in [0.25, 0.3) is 0 Å². The summed E-state index contributed by atoms with van der Waals surface area (Å²) in [5, 5.41) is 14.5. The highest BCUT2D eigenvalue weighted by Crippen LogP contribution is 2.21. The van der Waals surface area contributed by atoms with Crippen LogP contribution in [0.1, 0.15) is 33.1 Å². The van der Waals surface area contributed by atoms with Gasteiger partial charge in [-0.1, -0.05) is 0 Å². The Morgan fingerprint density at radius 3 is 2.86 bits per heavy atom. The maximum Gasteiger partial charge on any atom is 0.243 e. The number of rotatable bonds is 7. The Hall–Kier alpha value is -2.10. The highest BCUT2D eigenvalue weighted by atomic mass is 16.2. The molecule has 2 atom stereocenters. The topological polar surface area (TPSA) is 102 Å². The molecule has 1 saturated heterocycles. The molecule has 0 spiro atoms. The van der Waals surface area contributed by atoms with Gasteiger partial charge in [-0.15, -0.1) is 0 Å². The molecule has 0 saturated carbocycles. The minimum absolute atomic E-state index is 0.0522. The van der Waals surface area contributed by atoms with Crippen molar-refractivity contribution in [2.75, 3.05) is 13.1 Å². The van der Waals surface area contributed by atoms with Crippen LogP contribution in [-0.4, -0.2) is 48.3 Å². The molecule has 116 valence electrons. The van der Waals surface area contributed by atoms with Crippen LogP contribution in [0.3, 0.4) is 0 Å². The quantitative estimate of drug-likeness (QED) is 0.633. The van der Waals surface area contributed by atoms with Crippen LogP contribution in [0.5, 0.6) is 0 Å². The fourth-order valence-corrected chi connectivity index (χ4v) is 2.60. The summed E-state index contributed by atoms with van der Waals surface area (Å²) in [5.74, 6) is -0.611. The van der Waals surface area contributed by atoms with Crippen molar-refractivity contribution in [3.8, 4) is 6.07 Å². The molecule has 1 unspecified atom stereocenters. The first-order valence-electron chi connectivity index (χ1n) is 7.16. The van der Waals surface area contributed by atoms with E-state index in [1.807, 2.05) is 13.8 Å². The molecule has 0 bridgehead atoms. The lowest BCUT2D eigenvalue weighted by molar-refractivity contribution is -0.136. The van der Waals surface area contributed by atoms with Gasteiger partial charge in [-0.05, 0) is 33.1 Å². The summed E-state index contributed by atoms with van der Waals surface area (Å²) in [6, 6.07) is 1.27. The number of piperidine rings is 1. The maximum atomic E-state index is 12.1. The third kappa shape index (κ3) is 4.74. The molecule has 21 heavy (non-hydrogen) atoms. The molecule has 1 heterocycles. The van der Waals surface area contributed by atoms with Gasteiger partial charge in [0.2, 0.25) is 18.2 Å². The van der Waals surface area contributed by atoms with Gasteiger partial charge < -0.3 is 15.5 Å². The number of nitrogens with one attached hydrogen (secondary N) is 2. The molecule has 1 aliphatic rings. The first-order chi connectivity index (χ1) is 10.0. The first kappa shape index (κ1) is 17.0. The lowest BCUT2D eigenvalue weighted by Gasteiger charge is -2.33. The molecule has 1 fully saturated rings. The number of nitrogens with zero attached hydrogens (tertiary/aromatic N) is 2. The predicted octanol–water partition coefficient (Wildman–Crippen LogP) is -0.222. The molecule has 2 N–H and O–H groups in total. The van der Waals surface area contributed by atoms with Gasteiger partial charge in [-0.2, -0.15) is 5.26 Å². The highest BCUT2D eigenvalue weighted by Gasteiger charge is 2.31. The van der Waals surface area contributed by atoms with Crippen molar-refractivity contribution >= 4 is 18.2 Å². The van der Waals surface area contributed by atoms with Crippen molar-refractivity contribution in [3.63, 3.8) is 0 Å². The van der Waals surface area contributed by atoms with Crippen LogP contribution >= 0.6 is 0 Å². The zero-order valence-corrected chi connectivity index (χ0v) is 12.5. The van der Waals surface area contributed by atoms with Crippen molar-refractivity contribution in [2.45, 2.75) is 45.2 Å². The van der Waals surface area contributed by atoms with E-state index < -0.39 is 6.04 Å². The van der Waals surface area contributed by atoms with Gasteiger partial charge in [0.05, 0.1) is 12.6 Å². The zero-order chi connectivity index (χ0) is 15.8. The Morgan fingerprint density at radius 2 is 2.33 bits per heavy atom. The van der Waals surface area contributed by atoms with E-state index in [0.717, 1.165) is 12.8 Å². The third-order valence-corrected chi connectivity index (χ3v) is 3.57. The summed E-state index contributed by atoms with van der Waals surface area (Å²) in [6.45, 7) is 4.15. The van der Waals surface area contributed by atoms with Gasteiger partial charge >= 0.3 is 0 Å². The number of nitriles is 1. The van der Waals surface area contributed by atoms with E-state index in [2.05, 4.69) is 16.7 Å². The standard InChI is InChI=1S/C14H22N4O3/c1-10(2)18(13(20)8-16-9-19)12(7-15)6-11-4-3-5-17-14(11)21/h9-12H,3-6,8H2,1-2H3,(H,16,19)(H,17,21)/t11-,12?/m0/s1. The number of hydrogen-bond acceptors (Lipinski definition) is 4. The molecule has 3 amide bonds.